The normalized spacial score (nSPS) is 14.8. The Morgan fingerprint density at radius 1 is 0.824 bits per heavy atom. The lowest BCUT2D eigenvalue weighted by atomic mass is 9.87. The molecule has 0 aliphatic heterocycles. The van der Waals surface area contributed by atoms with Crippen LogP contribution in [0.1, 0.15) is 47.1 Å². The molecule has 0 aromatic heterocycles. The predicted molar refractivity (Wildman–Crippen MR) is 82.6 cm³/mol. The molecule has 1 aromatic carbocycles. The second-order valence-corrected chi connectivity index (χ2v) is 11.5. The van der Waals surface area contributed by atoms with E-state index in [4.69, 9.17) is 0 Å². The van der Waals surface area contributed by atoms with Crippen LogP contribution in [0.2, 0.25) is 0 Å². The van der Waals surface area contributed by atoms with E-state index in [1.165, 1.54) is 5.56 Å². The first-order valence-electron chi connectivity index (χ1n) is 6.30. The molecule has 0 aliphatic carbocycles. The SMILES string of the molecule is CC(C)(C)c1ccccc1S(C)(C)C(C)(C)C. The fourth-order valence-corrected chi connectivity index (χ4v) is 3.86. The van der Waals surface area contributed by atoms with Crippen LogP contribution < -0.4 is 0 Å². The summed E-state index contributed by atoms with van der Waals surface area (Å²) >= 11 is 0. The lowest BCUT2D eigenvalue weighted by Gasteiger charge is -2.47. The summed E-state index contributed by atoms with van der Waals surface area (Å²) in [6.45, 7) is 14.0. The van der Waals surface area contributed by atoms with Gasteiger partial charge in [-0.3, -0.25) is 0 Å². The van der Waals surface area contributed by atoms with Gasteiger partial charge < -0.3 is 0 Å². The van der Waals surface area contributed by atoms with Crippen molar-refractivity contribution in [3.63, 3.8) is 0 Å². The minimum absolute atomic E-state index is 0.228. The monoisotopic (exact) mass is 252 g/mol. The van der Waals surface area contributed by atoms with E-state index in [2.05, 4.69) is 78.3 Å². The second kappa shape index (κ2) is 4.35. The molecular formula is C16H28S. The average molecular weight is 252 g/mol. The predicted octanol–water partition coefficient (Wildman–Crippen LogP) is 5.21. The quantitative estimate of drug-likeness (QED) is 0.644. The summed E-state index contributed by atoms with van der Waals surface area (Å²) in [4.78, 5) is 1.57. The maximum Gasteiger partial charge on any atom is -0.00490 e. The Morgan fingerprint density at radius 2 is 1.29 bits per heavy atom. The third kappa shape index (κ3) is 2.88. The minimum atomic E-state index is -0.790. The molecule has 0 nitrogen and oxygen atoms in total. The van der Waals surface area contributed by atoms with Crippen LogP contribution in [0.3, 0.4) is 0 Å². The van der Waals surface area contributed by atoms with Gasteiger partial charge in [-0.15, -0.1) is 0 Å². The Labute approximate surface area is 109 Å². The van der Waals surface area contributed by atoms with Crippen molar-refractivity contribution in [1.82, 2.24) is 0 Å². The van der Waals surface area contributed by atoms with Crippen LogP contribution in [0.15, 0.2) is 29.2 Å². The molecule has 0 radical (unpaired) electrons. The van der Waals surface area contributed by atoms with Gasteiger partial charge in [0.1, 0.15) is 0 Å². The van der Waals surface area contributed by atoms with Crippen LogP contribution >= 0.6 is 10.0 Å². The summed E-state index contributed by atoms with van der Waals surface area (Å²) in [6, 6.07) is 8.99. The van der Waals surface area contributed by atoms with Crippen LogP contribution in [0.25, 0.3) is 0 Å². The number of benzene rings is 1. The van der Waals surface area contributed by atoms with E-state index in [1.807, 2.05) is 0 Å². The van der Waals surface area contributed by atoms with Gasteiger partial charge in [0.25, 0.3) is 0 Å². The topological polar surface area (TPSA) is 0 Å². The lowest BCUT2D eigenvalue weighted by Crippen LogP contribution is -2.26. The molecule has 1 heteroatoms. The molecule has 0 atom stereocenters. The van der Waals surface area contributed by atoms with Crippen molar-refractivity contribution in [3.8, 4) is 0 Å². The molecule has 0 fully saturated rings. The lowest BCUT2D eigenvalue weighted by molar-refractivity contribution is 0.576. The van der Waals surface area contributed by atoms with Crippen molar-refractivity contribution in [3.05, 3.63) is 29.8 Å². The molecule has 0 unspecified atom stereocenters. The van der Waals surface area contributed by atoms with Gasteiger partial charge in [-0.1, -0.05) is 59.7 Å². The Kier molecular flexibility index (Phi) is 3.74. The van der Waals surface area contributed by atoms with Crippen molar-refractivity contribution in [2.24, 2.45) is 0 Å². The molecule has 0 saturated carbocycles. The largest absolute Gasteiger partial charge is 0.215 e. The summed E-state index contributed by atoms with van der Waals surface area (Å²) in [5, 5.41) is 0. The van der Waals surface area contributed by atoms with Crippen molar-refractivity contribution in [2.75, 3.05) is 12.5 Å². The van der Waals surface area contributed by atoms with E-state index in [-0.39, 0.29) is 5.41 Å². The van der Waals surface area contributed by atoms with Crippen molar-refractivity contribution >= 4 is 10.0 Å². The zero-order chi connectivity index (χ0) is 13.5. The van der Waals surface area contributed by atoms with E-state index in [9.17, 15) is 0 Å². The first-order valence-corrected chi connectivity index (χ1v) is 8.75. The highest BCUT2D eigenvalue weighted by Gasteiger charge is 2.33. The van der Waals surface area contributed by atoms with Crippen LogP contribution in [0, 0.1) is 0 Å². The van der Waals surface area contributed by atoms with Crippen LogP contribution in [-0.2, 0) is 5.41 Å². The van der Waals surface area contributed by atoms with Crippen molar-refractivity contribution in [1.29, 1.82) is 0 Å². The van der Waals surface area contributed by atoms with Gasteiger partial charge in [-0.25, -0.2) is 10.0 Å². The summed E-state index contributed by atoms with van der Waals surface area (Å²) in [5.41, 5.74) is 1.74. The standard InChI is InChI=1S/C16H28S/c1-15(2,3)13-11-9-10-12-14(13)17(7,8)16(4,5)6/h9-12H,1-8H3. The van der Waals surface area contributed by atoms with Gasteiger partial charge in [0.15, 0.2) is 0 Å². The molecule has 17 heavy (non-hydrogen) atoms. The molecular weight excluding hydrogens is 224 g/mol. The molecule has 0 saturated heterocycles. The molecule has 98 valence electrons. The van der Waals surface area contributed by atoms with E-state index >= 15 is 0 Å². The van der Waals surface area contributed by atoms with Crippen molar-refractivity contribution in [2.45, 2.75) is 56.6 Å². The Bertz CT molecular complexity index is 389. The highest BCUT2D eigenvalue weighted by molar-refractivity contribution is 8.33. The first-order chi connectivity index (χ1) is 7.48. The van der Waals surface area contributed by atoms with Gasteiger partial charge in [-0.05, 0) is 39.2 Å². The van der Waals surface area contributed by atoms with E-state index in [0.29, 0.717) is 4.75 Å². The Balaban J connectivity index is 3.43. The number of rotatable bonds is 1. The Morgan fingerprint density at radius 3 is 1.71 bits per heavy atom. The average Bonchev–Trinajstić information content (AvgIpc) is 2.14. The zero-order valence-corrected chi connectivity index (χ0v) is 13.5. The minimum Gasteiger partial charge on any atom is -0.215 e. The maximum atomic E-state index is 2.44. The molecule has 1 aromatic rings. The van der Waals surface area contributed by atoms with Crippen molar-refractivity contribution < 1.29 is 0 Å². The van der Waals surface area contributed by atoms with E-state index in [1.54, 1.807) is 4.90 Å². The molecule has 0 amide bonds. The van der Waals surface area contributed by atoms with Gasteiger partial charge in [0, 0.05) is 0 Å². The summed E-state index contributed by atoms with van der Waals surface area (Å²) in [6.07, 6.45) is 4.88. The molecule has 0 heterocycles. The van der Waals surface area contributed by atoms with Crippen LogP contribution in [0.4, 0.5) is 0 Å². The second-order valence-electron chi connectivity index (χ2n) is 7.19. The maximum absolute atomic E-state index is 2.44. The third-order valence-corrected chi connectivity index (χ3v) is 8.29. The molecule has 0 bridgehead atoms. The molecule has 0 aliphatic rings. The number of hydrogen-bond donors (Lipinski definition) is 0. The molecule has 1 rings (SSSR count). The fourth-order valence-electron chi connectivity index (χ4n) is 1.86. The third-order valence-electron chi connectivity index (χ3n) is 3.78. The summed E-state index contributed by atoms with van der Waals surface area (Å²) in [5.74, 6) is 0. The highest BCUT2D eigenvalue weighted by atomic mass is 32.3. The first kappa shape index (κ1) is 14.6. The Hall–Kier alpha value is -0.430. The summed E-state index contributed by atoms with van der Waals surface area (Å²) in [7, 11) is -0.790. The van der Waals surface area contributed by atoms with Crippen LogP contribution in [-0.4, -0.2) is 17.3 Å². The molecule has 0 spiro atoms. The van der Waals surface area contributed by atoms with E-state index < -0.39 is 10.0 Å². The molecule has 0 N–H and O–H groups in total. The number of hydrogen-bond acceptors (Lipinski definition) is 0. The van der Waals surface area contributed by atoms with Gasteiger partial charge in [0.2, 0.25) is 0 Å². The van der Waals surface area contributed by atoms with Gasteiger partial charge in [0.05, 0.1) is 0 Å². The van der Waals surface area contributed by atoms with E-state index in [0.717, 1.165) is 0 Å². The zero-order valence-electron chi connectivity index (χ0n) is 12.7. The summed E-state index contributed by atoms with van der Waals surface area (Å²) < 4.78 is 0.342. The smallest absolute Gasteiger partial charge is 0.00490 e. The van der Waals surface area contributed by atoms with Gasteiger partial charge >= 0.3 is 0 Å². The van der Waals surface area contributed by atoms with Gasteiger partial charge in [-0.2, -0.15) is 0 Å². The van der Waals surface area contributed by atoms with Crippen LogP contribution in [0.5, 0.6) is 0 Å². The fraction of sp³-hybridized carbons (Fsp3) is 0.625. The highest BCUT2D eigenvalue weighted by Crippen LogP contribution is 2.61.